The molecular formula is C12H20O3. The van der Waals surface area contributed by atoms with Gasteiger partial charge in [-0.2, -0.15) is 0 Å². The molecule has 3 heteroatoms. The predicted octanol–water partition coefficient (Wildman–Crippen LogP) is 0.813. The fraction of sp³-hybridized carbons (Fsp3) is 1.00. The van der Waals surface area contributed by atoms with Gasteiger partial charge in [-0.05, 0) is 24.7 Å². The Balaban J connectivity index is 2.12. The molecule has 2 unspecified atom stereocenters. The third kappa shape index (κ3) is 1.12. The molecule has 0 aromatic heterocycles. The Hall–Kier alpha value is -0.120. The summed E-state index contributed by atoms with van der Waals surface area (Å²) in [7, 11) is 0. The van der Waals surface area contributed by atoms with Gasteiger partial charge < -0.3 is 15.3 Å². The third-order valence-electron chi connectivity index (χ3n) is 5.10. The molecule has 4 aliphatic rings. The first kappa shape index (κ1) is 10.1. The molecule has 4 fully saturated rings. The van der Waals surface area contributed by atoms with E-state index in [1.165, 1.54) is 0 Å². The first-order valence-electron chi connectivity index (χ1n) is 5.86. The minimum Gasteiger partial charge on any atom is -0.390 e. The van der Waals surface area contributed by atoms with Crippen molar-refractivity contribution in [3.63, 3.8) is 0 Å². The summed E-state index contributed by atoms with van der Waals surface area (Å²) in [6.07, 6.45) is 3.08. The highest BCUT2D eigenvalue weighted by atomic mass is 16.3. The highest BCUT2D eigenvalue weighted by Gasteiger charge is 2.69. The summed E-state index contributed by atoms with van der Waals surface area (Å²) < 4.78 is 0. The van der Waals surface area contributed by atoms with Crippen LogP contribution in [0.5, 0.6) is 0 Å². The SMILES string of the molecule is CC1C2(O)CC3(C)CC(O)(C2)CC1(O)C3. The van der Waals surface area contributed by atoms with Gasteiger partial charge in [-0.3, -0.25) is 0 Å². The smallest absolute Gasteiger partial charge is 0.0733 e. The average Bonchev–Trinajstić information content (AvgIpc) is 1.93. The zero-order valence-corrected chi connectivity index (χ0v) is 9.45. The molecule has 4 saturated carbocycles. The predicted molar refractivity (Wildman–Crippen MR) is 55.2 cm³/mol. The molecule has 4 bridgehead atoms. The number of rotatable bonds is 0. The van der Waals surface area contributed by atoms with Crippen molar-refractivity contribution in [2.45, 2.75) is 62.8 Å². The van der Waals surface area contributed by atoms with E-state index >= 15 is 0 Å². The lowest BCUT2D eigenvalue weighted by atomic mass is 9.42. The first-order valence-corrected chi connectivity index (χ1v) is 5.86. The molecule has 0 heterocycles. The Morgan fingerprint density at radius 3 is 1.73 bits per heavy atom. The van der Waals surface area contributed by atoms with E-state index in [1.54, 1.807) is 0 Å². The molecule has 2 atom stereocenters. The second-order valence-corrected chi connectivity index (χ2v) is 6.85. The highest BCUT2D eigenvalue weighted by molar-refractivity contribution is 5.21. The fourth-order valence-corrected chi connectivity index (χ4v) is 5.02. The van der Waals surface area contributed by atoms with Crippen molar-refractivity contribution in [1.29, 1.82) is 0 Å². The largest absolute Gasteiger partial charge is 0.390 e. The van der Waals surface area contributed by atoms with Gasteiger partial charge in [0.05, 0.1) is 16.8 Å². The normalized spacial score (nSPS) is 67.4. The van der Waals surface area contributed by atoms with Crippen LogP contribution in [0.25, 0.3) is 0 Å². The maximum absolute atomic E-state index is 10.5. The monoisotopic (exact) mass is 212 g/mol. The summed E-state index contributed by atoms with van der Waals surface area (Å²) in [6, 6.07) is 0. The minimum atomic E-state index is -0.854. The third-order valence-corrected chi connectivity index (χ3v) is 5.10. The van der Waals surface area contributed by atoms with Crippen LogP contribution in [0.4, 0.5) is 0 Å². The molecule has 0 saturated heterocycles. The van der Waals surface area contributed by atoms with Gasteiger partial charge in [-0.1, -0.05) is 13.8 Å². The molecule has 0 spiro atoms. The molecule has 0 aliphatic heterocycles. The Bertz CT molecular complexity index is 281. The lowest BCUT2D eigenvalue weighted by Gasteiger charge is -2.68. The average molecular weight is 212 g/mol. The summed E-state index contributed by atoms with van der Waals surface area (Å²) in [6.45, 7) is 4.00. The van der Waals surface area contributed by atoms with Crippen LogP contribution in [-0.4, -0.2) is 32.1 Å². The summed E-state index contributed by atoms with van der Waals surface area (Å²) in [5.74, 6) is -0.112. The number of hydrogen-bond acceptors (Lipinski definition) is 3. The Labute approximate surface area is 90.1 Å². The molecule has 15 heavy (non-hydrogen) atoms. The molecule has 86 valence electrons. The van der Waals surface area contributed by atoms with Crippen molar-refractivity contribution in [1.82, 2.24) is 0 Å². The van der Waals surface area contributed by atoms with E-state index in [9.17, 15) is 15.3 Å². The molecule has 3 nitrogen and oxygen atoms in total. The van der Waals surface area contributed by atoms with Gasteiger partial charge in [-0.25, -0.2) is 0 Å². The highest BCUT2D eigenvalue weighted by Crippen LogP contribution is 2.66. The van der Waals surface area contributed by atoms with Crippen molar-refractivity contribution in [3.8, 4) is 0 Å². The Kier molecular flexibility index (Phi) is 1.52. The van der Waals surface area contributed by atoms with Gasteiger partial charge in [0.2, 0.25) is 0 Å². The van der Waals surface area contributed by atoms with Gasteiger partial charge in [0.25, 0.3) is 0 Å². The van der Waals surface area contributed by atoms with Crippen molar-refractivity contribution in [2.24, 2.45) is 11.3 Å². The van der Waals surface area contributed by atoms with Gasteiger partial charge in [-0.15, -0.1) is 0 Å². The topological polar surface area (TPSA) is 60.7 Å². The molecule has 4 aliphatic carbocycles. The molecule has 3 N–H and O–H groups in total. The summed E-state index contributed by atoms with van der Waals surface area (Å²) in [5.41, 5.74) is -2.62. The maximum Gasteiger partial charge on any atom is 0.0733 e. The van der Waals surface area contributed by atoms with Gasteiger partial charge in [0, 0.05) is 18.8 Å². The lowest BCUT2D eigenvalue weighted by Crippen LogP contribution is -2.73. The molecule has 0 aromatic carbocycles. The van der Waals surface area contributed by atoms with Crippen LogP contribution in [0.15, 0.2) is 0 Å². The standard InChI is InChI=1S/C12H20O3/c1-8-11(14)4-9(2)3-10(13,6-11)7-12(8,15)5-9/h8,13-15H,3-7H2,1-2H3. The first-order chi connectivity index (χ1) is 6.69. The van der Waals surface area contributed by atoms with Crippen molar-refractivity contribution in [3.05, 3.63) is 0 Å². The van der Waals surface area contributed by atoms with Crippen LogP contribution in [0.2, 0.25) is 0 Å². The van der Waals surface area contributed by atoms with E-state index < -0.39 is 16.8 Å². The number of hydrogen-bond donors (Lipinski definition) is 3. The van der Waals surface area contributed by atoms with Crippen LogP contribution in [0.3, 0.4) is 0 Å². The summed E-state index contributed by atoms with van der Waals surface area (Å²) in [4.78, 5) is 0. The van der Waals surface area contributed by atoms with Crippen molar-refractivity contribution >= 4 is 0 Å². The second-order valence-electron chi connectivity index (χ2n) is 6.85. The van der Waals surface area contributed by atoms with Crippen molar-refractivity contribution < 1.29 is 15.3 Å². The molecule has 0 aromatic rings. The summed E-state index contributed by atoms with van der Waals surface area (Å²) in [5, 5.41) is 31.5. The zero-order chi connectivity index (χ0) is 11.1. The van der Waals surface area contributed by atoms with E-state index in [0.29, 0.717) is 12.8 Å². The van der Waals surface area contributed by atoms with Gasteiger partial charge in [0.15, 0.2) is 0 Å². The van der Waals surface area contributed by atoms with Gasteiger partial charge in [0.1, 0.15) is 0 Å². The van der Waals surface area contributed by atoms with Crippen LogP contribution in [0, 0.1) is 11.3 Å². The van der Waals surface area contributed by atoms with Crippen molar-refractivity contribution in [2.75, 3.05) is 0 Å². The van der Waals surface area contributed by atoms with Crippen LogP contribution in [-0.2, 0) is 0 Å². The van der Waals surface area contributed by atoms with Gasteiger partial charge >= 0.3 is 0 Å². The zero-order valence-electron chi connectivity index (χ0n) is 9.45. The number of aliphatic hydroxyl groups is 3. The summed E-state index contributed by atoms with van der Waals surface area (Å²) >= 11 is 0. The fourth-order valence-electron chi connectivity index (χ4n) is 5.02. The van der Waals surface area contributed by atoms with E-state index in [1.807, 2.05) is 6.92 Å². The lowest BCUT2D eigenvalue weighted by molar-refractivity contribution is -0.305. The minimum absolute atomic E-state index is 0.0821. The second kappa shape index (κ2) is 2.27. The Morgan fingerprint density at radius 2 is 1.33 bits per heavy atom. The maximum atomic E-state index is 10.5. The molecule has 0 amide bonds. The molecule has 4 rings (SSSR count). The van der Waals surface area contributed by atoms with Crippen LogP contribution in [0.1, 0.15) is 46.0 Å². The van der Waals surface area contributed by atoms with E-state index in [0.717, 1.165) is 19.3 Å². The quantitative estimate of drug-likeness (QED) is 0.557. The van der Waals surface area contributed by atoms with E-state index in [2.05, 4.69) is 6.92 Å². The molecular weight excluding hydrogens is 192 g/mol. The Morgan fingerprint density at radius 1 is 0.867 bits per heavy atom. The molecule has 0 radical (unpaired) electrons. The van der Waals surface area contributed by atoms with E-state index in [4.69, 9.17) is 0 Å². The van der Waals surface area contributed by atoms with E-state index in [-0.39, 0.29) is 11.3 Å². The van der Waals surface area contributed by atoms with Crippen LogP contribution >= 0.6 is 0 Å². The van der Waals surface area contributed by atoms with Crippen LogP contribution < -0.4 is 0 Å².